The molecule has 0 saturated carbocycles. The summed E-state index contributed by atoms with van der Waals surface area (Å²) in [4.78, 5) is 0. The Kier molecular flexibility index (Phi) is 2.89. The number of hydrogen-bond acceptors (Lipinski definition) is 2. The molecule has 2 unspecified atom stereocenters. The third-order valence-electron chi connectivity index (χ3n) is 3.18. The monoisotopic (exact) mass is 184 g/mol. The number of rotatable bonds is 3. The van der Waals surface area contributed by atoms with E-state index in [4.69, 9.17) is 9.47 Å². The van der Waals surface area contributed by atoms with E-state index in [-0.39, 0.29) is 5.79 Å². The van der Waals surface area contributed by atoms with Crippen molar-refractivity contribution in [3.8, 4) is 0 Å². The van der Waals surface area contributed by atoms with Gasteiger partial charge in [0.15, 0.2) is 5.79 Å². The summed E-state index contributed by atoms with van der Waals surface area (Å²) in [7, 11) is 0. The van der Waals surface area contributed by atoms with E-state index in [2.05, 4.69) is 6.92 Å². The third kappa shape index (κ3) is 2.05. The van der Waals surface area contributed by atoms with Crippen LogP contribution in [0.4, 0.5) is 0 Å². The van der Waals surface area contributed by atoms with Crippen LogP contribution in [0.1, 0.15) is 51.9 Å². The minimum Gasteiger partial charge on any atom is -0.350 e. The smallest absolute Gasteiger partial charge is 0.168 e. The molecule has 2 heteroatoms. The first-order chi connectivity index (χ1) is 6.35. The Bertz CT molecular complexity index is 161. The molecule has 2 rings (SSSR count). The minimum absolute atomic E-state index is 0.140. The molecule has 0 N–H and O–H groups in total. The zero-order valence-corrected chi connectivity index (χ0v) is 8.55. The molecule has 0 aromatic carbocycles. The van der Waals surface area contributed by atoms with Gasteiger partial charge in [0, 0.05) is 12.8 Å². The molecule has 0 aromatic heterocycles. The molecule has 2 saturated heterocycles. The van der Waals surface area contributed by atoms with Gasteiger partial charge in [0.25, 0.3) is 0 Å². The quantitative estimate of drug-likeness (QED) is 0.671. The predicted molar refractivity (Wildman–Crippen MR) is 51.5 cm³/mol. The summed E-state index contributed by atoms with van der Waals surface area (Å²) < 4.78 is 11.7. The molecule has 0 radical (unpaired) electrons. The van der Waals surface area contributed by atoms with Crippen LogP contribution in [0.15, 0.2) is 0 Å². The Balaban J connectivity index is 1.79. The molecule has 76 valence electrons. The summed E-state index contributed by atoms with van der Waals surface area (Å²) in [6, 6.07) is 0. The largest absolute Gasteiger partial charge is 0.350 e. The van der Waals surface area contributed by atoms with Crippen LogP contribution in [-0.4, -0.2) is 18.5 Å². The van der Waals surface area contributed by atoms with Gasteiger partial charge in [0.1, 0.15) is 0 Å². The van der Waals surface area contributed by atoms with Gasteiger partial charge in [-0.05, 0) is 19.3 Å². The van der Waals surface area contributed by atoms with Crippen LogP contribution in [0.2, 0.25) is 0 Å². The van der Waals surface area contributed by atoms with E-state index in [1.54, 1.807) is 0 Å². The molecule has 2 nitrogen and oxygen atoms in total. The van der Waals surface area contributed by atoms with E-state index in [1.807, 2.05) is 0 Å². The molecule has 2 fully saturated rings. The van der Waals surface area contributed by atoms with E-state index >= 15 is 0 Å². The number of ether oxygens (including phenoxy) is 2. The van der Waals surface area contributed by atoms with Gasteiger partial charge in [-0.3, -0.25) is 0 Å². The number of unbranched alkanes of at least 4 members (excludes halogenated alkanes) is 1. The summed E-state index contributed by atoms with van der Waals surface area (Å²) in [5, 5.41) is 0. The fraction of sp³-hybridized carbons (Fsp3) is 1.00. The van der Waals surface area contributed by atoms with E-state index < -0.39 is 0 Å². The minimum atomic E-state index is -0.140. The molecular weight excluding hydrogens is 164 g/mol. The van der Waals surface area contributed by atoms with Crippen molar-refractivity contribution in [3.05, 3.63) is 0 Å². The standard InChI is InChI=1S/C11H20O2/c1-2-3-5-10-6-8-11(13-10)7-4-9-12-11/h10H,2-9H2,1H3. The second-order valence-electron chi connectivity index (χ2n) is 4.28. The van der Waals surface area contributed by atoms with Crippen LogP contribution in [0.25, 0.3) is 0 Å². The highest BCUT2D eigenvalue weighted by atomic mass is 16.7. The van der Waals surface area contributed by atoms with Crippen LogP contribution in [0.5, 0.6) is 0 Å². The SMILES string of the molecule is CCCCC1CCC2(CCCO2)O1. The highest BCUT2D eigenvalue weighted by Crippen LogP contribution is 2.40. The summed E-state index contributed by atoms with van der Waals surface area (Å²) in [5.74, 6) is -0.140. The first-order valence-corrected chi connectivity index (χ1v) is 5.66. The molecule has 2 atom stereocenters. The number of hydrogen-bond donors (Lipinski definition) is 0. The maximum absolute atomic E-state index is 5.99. The highest BCUT2D eigenvalue weighted by molar-refractivity contribution is 4.84. The Morgan fingerprint density at radius 1 is 1.38 bits per heavy atom. The molecule has 2 aliphatic heterocycles. The summed E-state index contributed by atoms with van der Waals surface area (Å²) in [6.07, 6.45) is 8.91. The maximum atomic E-state index is 5.99. The van der Waals surface area contributed by atoms with Gasteiger partial charge in [0.05, 0.1) is 12.7 Å². The van der Waals surface area contributed by atoms with Gasteiger partial charge in [-0.25, -0.2) is 0 Å². The Morgan fingerprint density at radius 3 is 3.00 bits per heavy atom. The fourth-order valence-corrected chi connectivity index (χ4v) is 2.40. The van der Waals surface area contributed by atoms with Crippen molar-refractivity contribution >= 4 is 0 Å². The molecule has 13 heavy (non-hydrogen) atoms. The van der Waals surface area contributed by atoms with Gasteiger partial charge < -0.3 is 9.47 Å². The van der Waals surface area contributed by atoms with E-state index in [0.29, 0.717) is 6.10 Å². The summed E-state index contributed by atoms with van der Waals surface area (Å²) in [5.41, 5.74) is 0. The lowest BCUT2D eigenvalue weighted by Crippen LogP contribution is -2.27. The van der Waals surface area contributed by atoms with Crippen LogP contribution < -0.4 is 0 Å². The zero-order valence-electron chi connectivity index (χ0n) is 8.55. The predicted octanol–water partition coefficient (Wildman–Crippen LogP) is 2.86. The van der Waals surface area contributed by atoms with E-state index in [1.165, 1.54) is 32.1 Å². The average Bonchev–Trinajstić information content (AvgIpc) is 2.74. The van der Waals surface area contributed by atoms with Crippen molar-refractivity contribution in [3.63, 3.8) is 0 Å². The topological polar surface area (TPSA) is 18.5 Å². The lowest BCUT2D eigenvalue weighted by Gasteiger charge is -2.23. The second-order valence-corrected chi connectivity index (χ2v) is 4.28. The van der Waals surface area contributed by atoms with Crippen molar-refractivity contribution in [2.24, 2.45) is 0 Å². The molecule has 0 aromatic rings. The Labute approximate surface area is 80.6 Å². The van der Waals surface area contributed by atoms with Gasteiger partial charge in [-0.2, -0.15) is 0 Å². The second kappa shape index (κ2) is 3.97. The van der Waals surface area contributed by atoms with Gasteiger partial charge in [-0.1, -0.05) is 19.8 Å². The highest BCUT2D eigenvalue weighted by Gasteiger charge is 2.43. The molecule has 1 spiro atoms. The van der Waals surface area contributed by atoms with Gasteiger partial charge in [0.2, 0.25) is 0 Å². The molecular formula is C11H20O2. The molecule has 0 amide bonds. The van der Waals surface area contributed by atoms with Gasteiger partial charge in [-0.15, -0.1) is 0 Å². The summed E-state index contributed by atoms with van der Waals surface area (Å²) in [6.45, 7) is 3.14. The average molecular weight is 184 g/mol. The molecule has 0 bridgehead atoms. The lowest BCUT2D eigenvalue weighted by molar-refractivity contribution is -0.199. The zero-order chi connectivity index (χ0) is 9.15. The van der Waals surface area contributed by atoms with Crippen molar-refractivity contribution < 1.29 is 9.47 Å². The maximum Gasteiger partial charge on any atom is 0.168 e. The van der Waals surface area contributed by atoms with Crippen molar-refractivity contribution in [1.82, 2.24) is 0 Å². The van der Waals surface area contributed by atoms with Crippen LogP contribution in [0, 0.1) is 0 Å². The summed E-state index contributed by atoms with van der Waals surface area (Å²) >= 11 is 0. The molecule has 2 aliphatic rings. The van der Waals surface area contributed by atoms with E-state index in [0.717, 1.165) is 19.4 Å². The molecule has 2 heterocycles. The third-order valence-corrected chi connectivity index (χ3v) is 3.18. The van der Waals surface area contributed by atoms with Crippen LogP contribution in [-0.2, 0) is 9.47 Å². The van der Waals surface area contributed by atoms with Crippen molar-refractivity contribution in [1.29, 1.82) is 0 Å². The fourth-order valence-electron chi connectivity index (χ4n) is 2.40. The van der Waals surface area contributed by atoms with Crippen LogP contribution in [0.3, 0.4) is 0 Å². The van der Waals surface area contributed by atoms with Gasteiger partial charge >= 0.3 is 0 Å². The van der Waals surface area contributed by atoms with E-state index in [9.17, 15) is 0 Å². The Hall–Kier alpha value is -0.0800. The lowest BCUT2D eigenvalue weighted by atomic mass is 10.1. The van der Waals surface area contributed by atoms with Crippen molar-refractivity contribution in [2.45, 2.75) is 63.8 Å². The molecule has 0 aliphatic carbocycles. The normalized spacial score (nSPS) is 39.0. The Morgan fingerprint density at radius 2 is 2.31 bits per heavy atom. The van der Waals surface area contributed by atoms with Crippen molar-refractivity contribution in [2.75, 3.05) is 6.61 Å². The first-order valence-electron chi connectivity index (χ1n) is 5.66. The first kappa shape index (κ1) is 9.47. The van der Waals surface area contributed by atoms with Crippen LogP contribution >= 0.6 is 0 Å².